The van der Waals surface area contributed by atoms with E-state index in [1.807, 2.05) is 18.8 Å². The number of thioether (sulfide) groups is 1. The molecule has 1 nitrogen and oxygen atoms in total. The minimum atomic E-state index is 0.473. The molecule has 2 atom stereocenters. The molecular weight excluding hydrogens is 214 g/mol. The summed E-state index contributed by atoms with van der Waals surface area (Å²) in [7, 11) is 2.03. The number of nitrogens with one attached hydrogen (secondary N) is 1. The van der Waals surface area contributed by atoms with Gasteiger partial charge in [0.05, 0.1) is 0 Å². The van der Waals surface area contributed by atoms with E-state index in [2.05, 4.69) is 49.7 Å². The van der Waals surface area contributed by atoms with Crippen LogP contribution < -0.4 is 5.32 Å². The Bertz CT molecular complexity index is 294. The summed E-state index contributed by atoms with van der Waals surface area (Å²) in [5, 5.41) is 3.36. The van der Waals surface area contributed by atoms with Crippen LogP contribution in [0.2, 0.25) is 0 Å². The van der Waals surface area contributed by atoms with Gasteiger partial charge in [-0.1, -0.05) is 38.1 Å². The fourth-order valence-corrected chi connectivity index (χ4v) is 2.50. The Kier molecular flexibility index (Phi) is 5.93. The standard InChI is InChI=1S/C14H23NS/c1-5-11(2)12-6-8-13(9-7-12)14(15-3)10-16-4/h6-9,11,14-15H,5,10H2,1-4H3. The quantitative estimate of drug-likeness (QED) is 0.807. The first kappa shape index (κ1) is 13.6. The summed E-state index contributed by atoms with van der Waals surface area (Å²) < 4.78 is 0. The van der Waals surface area contributed by atoms with Crippen LogP contribution in [0.4, 0.5) is 0 Å². The largest absolute Gasteiger partial charge is 0.312 e. The maximum Gasteiger partial charge on any atom is 0.0409 e. The normalized spacial score (nSPS) is 14.8. The molecule has 0 aliphatic rings. The molecule has 0 aliphatic heterocycles. The Balaban J connectivity index is 2.76. The van der Waals surface area contributed by atoms with Crippen molar-refractivity contribution >= 4 is 11.8 Å². The second-order valence-electron chi connectivity index (χ2n) is 4.27. The monoisotopic (exact) mass is 237 g/mol. The summed E-state index contributed by atoms with van der Waals surface area (Å²) in [4.78, 5) is 0. The van der Waals surface area contributed by atoms with Gasteiger partial charge >= 0.3 is 0 Å². The molecule has 0 saturated carbocycles. The third-order valence-electron chi connectivity index (χ3n) is 3.20. The number of benzene rings is 1. The van der Waals surface area contributed by atoms with Crippen LogP contribution in [0.25, 0.3) is 0 Å². The molecular formula is C14H23NS. The van der Waals surface area contributed by atoms with Gasteiger partial charge < -0.3 is 5.32 Å². The zero-order valence-corrected chi connectivity index (χ0v) is 11.6. The lowest BCUT2D eigenvalue weighted by Crippen LogP contribution is -2.18. The Hall–Kier alpha value is -0.470. The van der Waals surface area contributed by atoms with Gasteiger partial charge in [0.15, 0.2) is 0 Å². The molecule has 90 valence electrons. The second kappa shape index (κ2) is 6.97. The predicted octanol–water partition coefficient (Wildman–Crippen LogP) is 3.82. The first-order chi connectivity index (χ1) is 7.72. The molecule has 0 fully saturated rings. The van der Waals surface area contributed by atoms with Crippen molar-refractivity contribution in [1.82, 2.24) is 5.32 Å². The van der Waals surface area contributed by atoms with E-state index in [4.69, 9.17) is 0 Å². The van der Waals surface area contributed by atoms with Gasteiger partial charge in [0.25, 0.3) is 0 Å². The molecule has 0 bridgehead atoms. The molecule has 1 rings (SSSR count). The zero-order valence-electron chi connectivity index (χ0n) is 10.8. The van der Waals surface area contributed by atoms with E-state index in [-0.39, 0.29) is 0 Å². The van der Waals surface area contributed by atoms with Crippen LogP contribution in [0, 0.1) is 0 Å². The zero-order chi connectivity index (χ0) is 12.0. The third kappa shape index (κ3) is 3.53. The van der Waals surface area contributed by atoms with Crippen molar-refractivity contribution in [2.45, 2.75) is 32.2 Å². The van der Waals surface area contributed by atoms with Gasteiger partial charge in [-0.2, -0.15) is 11.8 Å². The van der Waals surface area contributed by atoms with Gasteiger partial charge in [-0.25, -0.2) is 0 Å². The van der Waals surface area contributed by atoms with Crippen molar-refractivity contribution in [3.63, 3.8) is 0 Å². The first-order valence-corrected chi connectivity index (χ1v) is 7.38. The molecule has 0 aliphatic carbocycles. The Labute approximate surface area is 104 Å². The smallest absolute Gasteiger partial charge is 0.0409 e. The van der Waals surface area contributed by atoms with E-state index in [0.29, 0.717) is 12.0 Å². The minimum Gasteiger partial charge on any atom is -0.312 e. The number of hydrogen-bond donors (Lipinski definition) is 1. The molecule has 0 saturated heterocycles. The topological polar surface area (TPSA) is 12.0 Å². The van der Waals surface area contributed by atoms with Crippen molar-refractivity contribution < 1.29 is 0 Å². The average Bonchev–Trinajstić information content (AvgIpc) is 2.35. The van der Waals surface area contributed by atoms with Crippen LogP contribution in [-0.2, 0) is 0 Å². The van der Waals surface area contributed by atoms with Crippen LogP contribution in [0.5, 0.6) is 0 Å². The minimum absolute atomic E-state index is 0.473. The maximum atomic E-state index is 3.36. The van der Waals surface area contributed by atoms with E-state index in [1.165, 1.54) is 17.5 Å². The van der Waals surface area contributed by atoms with Crippen LogP contribution in [0.1, 0.15) is 43.4 Å². The molecule has 2 heteroatoms. The Morgan fingerprint density at radius 3 is 2.19 bits per heavy atom. The lowest BCUT2D eigenvalue weighted by Gasteiger charge is -2.16. The predicted molar refractivity (Wildman–Crippen MR) is 75.3 cm³/mol. The van der Waals surface area contributed by atoms with Gasteiger partial charge in [-0.05, 0) is 36.8 Å². The molecule has 0 heterocycles. The van der Waals surface area contributed by atoms with Crippen molar-refractivity contribution in [2.75, 3.05) is 19.1 Å². The molecule has 0 radical (unpaired) electrons. The highest BCUT2D eigenvalue weighted by Crippen LogP contribution is 2.22. The summed E-state index contributed by atoms with van der Waals surface area (Å²) in [6, 6.07) is 9.54. The van der Waals surface area contributed by atoms with Crippen LogP contribution >= 0.6 is 11.8 Å². The summed E-state index contributed by atoms with van der Waals surface area (Å²) in [6.45, 7) is 4.52. The Morgan fingerprint density at radius 1 is 1.19 bits per heavy atom. The molecule has 2 unspecified atom stereocenters. The highest BCUT2D eigenvalue weighted by Gasteiger charge is 2.09. The van der Waals surface area contributed by atoms with Crippen LogP contribution in [-0.4, -0.2) is 19.1 Å². The molecule has 0 spiro atoms. The maximum absolute atomic E-state index is 3.36. The van der Waals surface area contributed by atoms with Crippen molar-refractivity contribution in [1.29, 1.82) is 0 Å². The summed E-state index contributed by atoms with van der Waals surface area (Å²) in [5.74, 6) is 1.79. The molecule has 0 amide bonds. The second-order valence-corrected chi connectivity index (χ2v) is 5.18. The van der Waals surface area contributed by atoms with Gasteiger partial charge in [-0.15, -0.1) is 0 Å². The van der Waals surface area contributed by atoms with Crippen molar-refractivity contribution in [2.24, 2.45) is 0 Å². The van der Waals surface area contributed by atoms with Gasteiger partial charge in [-0.3, -0.25) is 0 Å². The average molecular weight is 237 g/mol. The van der Waals surface area contributed by atoms with Crippen LogP contribution in [0.3, 0.4) is 0 Å². The van der Waals surface area contributed by atoms with E-state index in [9.17, 15) is 0 Å². The lowest BCUT2D eigenvalue weighted by atomic mass is 9.96. The summed E-state index contributed by atoms with van der Waals surface area (Å²) in [5.41, 5.74) is 2.84. The summed E-state index contributed by atoms with van der Waals surface area (Å²) >= 11 is 1.88. The number of rotatable bonds is 6. The van der Waals surface area contributed by atoms with Crippen molar-refractivity contribution in [3.8, 4) is 0 Å². The SMILES string of the molecule is CCC(C)c1ccc(C(CSC)NC)cc1. The lowest BCUT2D eigenvalue weighted by molar-refractivity contribution is 0.660. The third-order valence-corrected chi connectivity index (χ3v) is 3.87. The van der Waals surface area contributed by atoms with Gasteiger partial charge in [0.1, 0.15) is 0 Å². The number of hydrogen-bond acceptors (Lipinski definition) is 2. The van der Waals surface area contributed by atoms with Crippen molar-refractivity contribution in [3.05, 3.63) is 35.4 Å². The Morgan fingerprint density at radius 2 is 1.75 bits per heavy atom. The van der Waals surface area contributed by atoms with Gasteiger partial charge in [0, 0.05) is 11.8 Å². The summed E-state index contributed by atoms with van der Waals surface area (Å²) in [6.07, 6.45) is 3.36. The van der Waals surface area contributed by atoms with E-state index in [1.54, 1.807) is 0 Å². The van der Waals surface area contributed by atoms with E-state index in [0.717, 1.165) is 5.75 Å². The van der Waals surface area contributed by atoms with E-state index < -0.39 is 0 Å². The molecule has 1 aromatic carbocycles. The highest BCUT2D eigenvalue weighted by molar-refractivity contribution is 7.98. The van der Waals surface area contributed by atoms with Gasteiger partial charge in [0.2, 0.25) is 0 Å². The van der Waals surface area contributed by atoms with Crippen LogP contribution in [0.15, 0.2) is 24.3 Å². The molecule has 1 aromatic rings. The fraction of sp³-hybridized carbons (Fsp3) is 0.571. The fourth-order valence-electron chi connectivity index (χ4n) is 1.81. The van der Waals surface area contributed by atoms with E-state index >= 15 is 0 Å². The molecule has 1 N–H and O–H groups in total. The first-order valence-electron chi connectivity index (χ1n) is 5.99. The highest BCUT2D eigenvalue weighted by atomic mass is 32.2. The molecule has 0 aromatic heterocycles. The molecule has 16 heavy (non-hydrogen) atoms.